The SMILES string of the molecule is CCOc1ccc(NC(=O)C2(N)CC(OCC)C2(C)C)cc1. The average Bonchev–Trinajstić information content (AvgIpc) is 2.49. The molecule has 0 saturated heterocycles. The van der Waals surface area contributed by atoms with Crippen molar-refractivity contribution in [3.63, 3.8) is 0 Å². The quantitative estimate of drug-likeness (QED) is 0.847. The highest BCUT2D eigenvalue weighted by molar-refractivity contribution is 5.99. The Labute approximate surface area is 132 Å². The molecule has 2 unspecified atom stereocenters. The van der Waals surface area contributed by atoms with E-state index in [-0.39, 0.29) is 12.0 Å². The Hall–Kier alpha value is -1.59. The van der Waals surface area contributed by atoms with E-state index in [9.17, 15) is 4.79 Å². The largest absolute Gasteiger partial charge is 0.494 e. The van der Waals surface area contributed by atoms with E-state index in [2.05, 4.69) is 5.32 Å². The predicted molar refractivity (Wildman–Crippen MR) is 87.0 cm³/mol. The van der Waals surface area contributed by atoms with Gasteiger partial charge in [0, 0.05) is 24.1 Å². The standard InChI is InChI=1S/C17H26N2O3/c1-5-21-13-9-7-12(8-10-13)19-15(20)17(18)11-14(22-6-2)16(17,3)4/h7-10,14H,5-6,11,18H2,1-4H3,(H,19,20). The fourth-order valence-corrected chi connectivity index (χ4v) is 2.86. The second-order valence-electron chi connectivity index (χ2n) is 6.25. The second kappa shape index (κ2) is 6.26. The van der Waals surface area contributed by atoms with Crippen LogP contribution in [0.3, 0.4) is 0 Å². The van der Waals surface area contributed by atoms with Crippen LogP contribution in [0.25, 0.3) is 0 Å². The molecule has 1 saturated carbocycles. The molecular weight excluding hydrogens is 280 g/mol. The number of anilines is 1. The Morgan fingerprint density at radius 2 is 1.91 bits per heavy atom. The smallest absolute Gasteiger partial charge is 0.245 e. The zero-order valence-corrected chi connectivity index (χ0v) is 13.8. The van der Waals surface area contributed by atoms with Gasteiger partial charge in [0.1, 0.15) is 11.3 Å². The maximum absolute atomic E-state index is 12.6. The lowest BCUT2D eigenvalue weighted by atomic mass is 9.54. The molecule has 5 heteroatoms. The highest BCUT2D eigenvalue weighted by Crippen LogP contribution is 2.50. The number of carbonyl (C=O) groups excluding carboxylic acids is 1. The molecule has 22 heavy (non-hydrogen) atoms. The van der Waals surface area contributed by atoms with E-state index in [0.29, 0.717) is 25.3 Å². The molecule has 1 aliphatic rings. The van der Waals surface area contributed by atoms with Crippen molar-refractivity contribution in [3.8, 4) is 5.75 Å². The van der Waals surface area contributed by atoms with Crippen molar-refractivity contribution in [1.29, 1.82) is 0 Å². The number of carbonyl (C=O) groups is 1. The third kappa shape index (κ3) is 2.83. The number of ether oxygens (including phenoxy) is 2. The molecule has 0 heterocycles. The van der Waals surface area contributed by atoms with Crippen LogP contribution in [0.15, 0.2) is 24.3 Å². The van der Waals surface area contributed by atoms with E-state index in [1.54, 1.807) is 0 Å². The van der Waals surface area contributed by atoms with E-state index in [1.165, 1.54) is 0 Å². The second-order valence-corrected chi connectivity index (χ2v) is 6.25. The third-order valence-electron chi connectivity index (χ3n) is 4.66. The molecule has 1 fully saturated rings. The van der Waals surface area contributed by atoms with Crippen LogP contribution in [-0.2, 0) is 9.53 Å². The Balaban J connectivity index is 2.03. The molecule has 1 amide bonds. The third-order valence-corrected chi connectivity index (χ3v) is 4.66. The molecule has 0 aliphatic heterocycles. The molecule has 2 atom stereocenters. The summed E-state index contributed by atoms with van der Waals surface area (Å²) >= 11 is 0. The van der Waals surface area contributed by atoms with Crippen LogP contribution < -0.4 is 15.8 Å². The summed E-state index contributed by atoms with van der Waals surface area (Å²) in [6.45, 7) is 9.09. The van der Waals surface area contributed by atoms with Gasteiger partial charge in [-0.25, -0.2) is 0 Å². The van der Waals surface area contributed by atoms with Crippen LogP contribution in [0.5, 0.6) is 5.75 Å². The minimum absolute atomic E-state index is 0.0218. The van der Waals surface area contributed by atoms with Gasteiger partial charge in [-0.15, -0.1) is 0 Å². The van der Waals surface area contributed by atoms with Gasteiger partial charge < -0.3 is 20.5 Å². The van der Waals surface area contributed by atoms with Crippen molar-refractivity contribution < 1.29 is 14.3 Å². The van der Waals surface area contributed by atoms with Gasteiger partial charge in [0.15, 0.2) is 0 Å². The maximum atomic E-state index is 12.6. The highest BCUT2D eigenvalue weighted by atomic mass is 16.5. The lowest BCUT2D eigenvalue weighted by Gasteiger charge is -2.57. The first-order chi connectivity index (χ1) is 10.3. The first-order valence-corrected chi connectivity index (χ1v) is 7.80. The van der Waals surface area contributed by atoms with Crippen molar-refractivity contribution in [2.75, 3.05) is 18.5 Å². The summed E-state index contributed by atoms with van der Waals surface area (Å²) in [5.41, 5.74) is 5.77. The summed E-state index contributed by atoms with van der Waals surface area (Å²) in [6.07, 6.45) is 0.560. The van der Waals surface area contributed by atoms with Crippen molar-refractivity contribution >= 4 is 11.6 Å². The molecule has 0 aromatic heterocycles. The Morgan fingerprint density at radius 1 is 1.27 bits per heavy atom. The molecule has 3 N–H and O–H groups in total. The summed E-state index contributed by atoms with van der Waals surface area (Å²) in [7, 11) is 0. The van der Waals surface area contributed by atoms with Gasteiger partial charge >= 0.3 is 0 Å². The molecule has 0 radical (unpaired) electrons. The zero-order valence-electron chi connectivity index (χ0n) is 13.8. The van der Waals surface area contributed by atoms with Gasteiger partial charge in [-0.3, -0.25) is 4.79 Å². The summed E-state index contributed by atoms with van der Waals surface area (Å²) in [5, 5.41) is 2.90. The van der Waals surface area contributed by atoms with Gasteiger partial charge in [-0.1, -0.05) is 13.8 Å². The van der Waals surface area contributed by atoms with Crippen LogP contribution >= 0.6 is 0 Å². The summed E-state index contributed by atoms with van der Waals surface area (Å²) in [5.74, 6) is 0.612. The van der Waals surface area contributed by atoms with Crippen LogP contribution in [0.1, 0.15) is 34.1 Å². The number of nitrogens with one attached hydrogen (secondary N) is 1. The first-order valence-electron chi connectivity index (χ1n) is 7.80. The normalized spacial score (nSPS) is 26.1. The molecular formula is C17H26N2O3. The highest BCUT2D eigenvalue weighted by Gasteiger charge is 2.62. The van der Waals surface area contributed by atoms with Crippen molar-refractivity contribution in [3.05, 3.63) is 24.3 Å². The molecule has 0 bridgehead atoms. The van der Waals surface area contributed by atoms with Gasteiger partial charge in [-0.2, -0.15) is 0 Å². The summed E-state index contributed by atoms with van der Waals surface area (Å²) in [6, 6.07) is 7.30. The number of benzene rings is 1. The average molecular weight is 306 g/mol. The van der Waals surface area contributed by atoms with Crippen molar-refractivity contribution in [2.45, 2.75) is 45.8 Å². The fraction of sp³-hybridized carbons (Fsp3) is 0.588. The van der Waals surface area contributed by atoms with E-state index < -0.39 is 11.0 Å². The van der Waals surface area contributed by atoms with Gasteiger partial charge in [0.05, 0.1) is 12.7 Å². The van der Waals surface area contributed by atoms with E-state index in [0.717, 1.165) is 5.75 Å². The van der Waals surface area contributed by atoms with Crippen LogP contribution in [0.4, 0.5) is 5.69 Å². The van der Waals surface area contributed by atoms with E-state index in [1.807, 2.05) is 52.0 Å². The lowest BCUT2D eigenvalue weighted by Crippen LogP contribution is -2.74. The number of rotatable bonds is 6. The fourth-order valence-electron chi connectivity index (χ4n) is 2.86. The molecule has 1 aliphatic carbocycles. The zero-order chi connectivity index (χ0) is 16.4. The molecule has 1 aromatic carbocycles. The van der Waals surface area contributed by atoms with Gasteiger partial charge in [-0.05, 0) is 38.1 Å². The molecule has 0 spiro atoms. The molecule has 122 valence electrons. The maximum Gasteiger partial charge on any atom is 0.245 e. The summed E-state index contributed by atoms with van der Waals surface area (Å²) in [4.78, 5) is 12.6. The van der Waals surface area contributed by atoms with Crippen molar-refractivity contribution in [1.82, 2.24) is 0 Å². The number of amides is 1. The predicted octanol–water partition coefficient (Wildman–Crippen LogP) is 2.56. The van der Waals surface area contributed by atoms with E-state index >= 15 is 0 Å². The Morgan fingerprint density at radius 3 is 2.41 bits per heavy atom. The van der Waals surface area contributed by atoms with Gasteiger partial charge in [0.2, 0.25) is 5.91 Å². The minimum Gasteiger partial charge on any atom is -0.494 e. The molecule has 2 rings (SSSR count). The Kier molecular flexibility index (Phi) is 4.78. The minimum atomic E-state index is -0.911. The van der Waals surface area contributed by atoms with Crippen molar-refractivity contribution in [2.24, 2.45) is 11.1 Å². The lowest BCUT2D eigenvalue weighted by molar-refractivity contribution is -0.166. The molecule has 5 nitrogen and oxygen atoms in total. The first kappa shape index (κ1) is 16.8. The molecule has 1 aromatic rings. The number of nitrogens with two attached hydrogens (primary N) is 1. The van der Waals surface area contributed by atoms with Gasteiger partial charge in [0.25, 0.3) is 0 Å². The van der Waals surface area contributed by atoms with E-state index in [4.69, 9.17) is 15.2 Å². The number of hydrogen-bond acceptors (Lipinski definition) is 4. The monoisotopic (exact) mass is 306 g/mol. The summed E-state index contributed by atoms with van der Waals surface area (Å²) < 4.78 is 11.0. The Bertz CT molecular complexity index is 527. The van der Waals surface area contributed by atoms with Crippen LogP contribution in [-0.4, -0.2) is 30.8 Å². The van der Waals surface area contributed by atoms with Crippen LogP contribution in [0, 0.1) is 5.41 Å². The topological polar surface area (TPSA) is 73.6 Å². The number of hydrogen-bond donors (Lipinski definition) is 2. The van der Waals surface area contributed by atoms with Crippen LogP contribution in [0.2, 0.25) is 0 Å².